The van der Waals surface area contributed by atoms with Gasteiger partial charge < -0.3 is 10.0 Å². The molecule has 2 aromatic carbocycles. The Balaban J connectivity index is 1.73. The number of thiophene rings is 1. The molecule has 1 N–H and O–H groups in total. The molecule has 1 aromatic heterocycles. The number of carbonyl (C=O) groups is 2. The summed E-state index contributed by atoms with van der Waals surface area (Å²) in [5.74, 6) is -0.967. The Morgan fingerprint density at radius 3 is 2.78 bits per heavy atom. The van der Waals surface area contributed by atoms with Crippen LogP contribution in [-0.2, 0) is 6.42 Å². The Morgan fingerprint density at radius 1 is 1.13 bits per heavy atom. The van der Waals surface area contributed by atoms with Crippen molar-refractivity contribution in [1.82, 2.24) is 0 Å². The molecule has 0 aliphatic carbocycles. The summed E-state index contributed by atoms with van der Waals surface area (Å²) in [6.45, 7) is 0.585. The van der Waals surface area contributed by atoms with Crippen LogP contribution in [0.2, 0.25) is 0 Å². The number of hydrogen-bond donors (Lipinski definition) is 1. The molecular weight excluding hydrogens is 310 g/mol. The molecule has 0 saturated heterocycles. The first-order chi connectivity index (χ1) is 11.1. The molecule has 0 atom stereocenters. The van der Waals surface area contributed by atoms with Crippen molar-refractivity contribution in [1.29, 1.82) is 0 Å². The van der Waals surface area contributed by atoms with Gasteiger partial charge in [-0.25, -0.2) is 4.79 Å². The number of nitrogens with zero attached hydrogens (tertiary/aromatic N) is 1. The number of hydrogen-bond acceptors (Lipinski definition) is 3. The van der Waals surface area contributed by atoms with E-state index in [4.69, 9.17) is 5.11 Å². The minimum atomic E-state index is -0.943. The van der Waals surface area contributed by atoms with Gasteiger partial charge in [0, 0.05) is 27.7 Å². The minimum Gasteiger partial charge on any atom is -0.478 e. The van der Waals surface area contributed by atoms with Crippen LogP contribution in [0, 0.1) is 0 Å². The SMILES string of the molecule is O=C(O)c1ccc2c(c1)CCN2C(=O)c1csc2ccccc12. The first kappa shape index (κ1) is 14.0. The maximum atomic E-state index is 12.9. The Hall–Kier alpha value is -2.66. The molecule has 0 radical (unpaired) electrons. The summed E-state index contributed by atoms with van der Waals surface area (Å²) in [7, 11) is 0. The van der Waals surface area contributed by atoms with Crippen LogP contribution in [0.1, 0.15) is 26.3 Å². The van der Waals surface area contributed by atoms with Crippen LogP contribution in [0.4, 0.5) is 5.69 Å². The van der Waals surface area contributed by atoms with E-state index in [0.29, 0.717) is 18.5 Å². The van der Waals surface area contributed by atoms with E-state index in [0.717, 1.165) is 21.3 Å². The highest BCUT2D eigenvalue weighted by Crippen LogP contribution is 2.33. The van der Waals surface area contributed by atoms with Crippen molar-refractivity contribution < 1.29 is 14.7 Å². The molecule has 5 heteroatoms. The second-order valence-electron chi connectivity index (χ2n) is 5.50. The summed E-state index contributed by atoms with van der Waals surface area (Å²) in [5, 5.41) is 12.0. The summed E-state index contributed by atoms with van der Waals surface area (Å²) in [6.07, 6.45) is 0.685. The third-order valence-electron chi connectivity index (χ3n) is 4.18. The zero-order chi connectivity index (χ0) is 16.0. The Bertz CT molecular complexity index is 944. The van der Waals surface area contributed by atoms with Crippen LogP contribution in [0.3, 0.4) is 0 Å². The summed E-state index contributed by atoms with van der Waals surface area (Å²) in [4.78, 5) is 25.7. The summed E-state index contributed by atoms with van der Waals surface area (Å²) in [6, 6.07) is 12.8. The molecule has 0 unspecified atom stereocenters. The fraction of sp³-hybridized carbons (Fsp3) is 0.111. The Morgan fingerprint density at radius 2 is 1.96 bits per heavy atom. The number of carboxylic acid groups (broad SMARTS) is 1. The van der Waals surface area contributed by atoms with Gasteiger partial charge in [-0.05, 0) is 36.2 Å². The standard InChI is InChI=1S/C18H13NO3S/c20-17(14-10-23-16-4-2-1-3-13(14)16)19-8-7-11-9-12(18(21)22)5-6-15(11)19/h1-6,9-10H,7-8H2,(H,21,22). The molecule has 4 rings (SSSR count). The van der Waals surface area contributed by atoms with Crippen LogP contribution in [0.5, 0.6) is 0 Å². The van der Waals surface area contributed by atoms with Gasteiger partial charge >= 0.3 is 5.97 Å². The molecule has 2 heterocycles. The van der Waals surface area contributed by atoms with Gasteiger partial charge in [0.05, 0.1) is 11.1 Å². The lowest BCUT2D eigenvalue weighted by atomic mass is 10.1. The van der Waals surface area contributed by atoms with E-state index in [2.05, 4.69) is 0 Å². The van der Waals surface area contributed by atoms with Crippen molar-refractivity contribution in [3.8, 4) is 0 Å². The first-order valence-corrected chi connectivity index (χ1v) is 8.17. The van der Waals surface area contributed by atoms with E-state index >= 15 is 0 Å². The number of carbonyl (C=O) groups excluding carboxylic acids is 1. The predicted molar refractivity (Wildman–Crippen MR) is 90.6 cm³/mol. The average Bonchev–Trinajstić information content (AvgIpc) is 3.17. The van der Waals surface area contributed by atoms with Crippen molar-refractivity contribution >= 4 is 39.0 Å². The molecule has 3 aromatic rings. The van der Waals surface area contributed by atoms with Crippen LogP contribution in [0.15, 0.2) is 47.8 Å². The zero-order valence-corrected chi connectivity index (χ0v) is 13.0. The molecule has 1 amide bonds. The maximum Gasteiger partial charge on any atom is 0.335 e. The summed E-state index contributed by atoms with van der Waals surface area (Å²) >= 11 is 1.56. The van der Waals surface area contributed by atoms with Crippen molar-refractivity contribution in [2.24, 2.45) is 0 Å². The molecule has 23 heavy (non-hydrogen) atoms. The lowest BCUT2D eigenvalue weighted by Crippen LogP contribution is -2.28. The predicted octanol–water partition coefficient (Wildman–Crippen LogP) is 3.80. The van der Waals surface area contributed by atoms with E-state index in [9.17, 15) is 9.59 Å². The van der Waals surface area contributed by atoms with Gasteiger partial charge in [-0.1, -0.05) is 18.2 Å². The number of carboxylic acids is 1. The normalized spacial score (nSPS) is 13.3. The molecule has 0 saturated carbocycles. The van der Waals surface area contributed by atoms with Gasteiger partial charge in [-0.2, -0.15) is 0 Å². The third-order valence-corrected chi connectivity index (χ3v) is 5.14. The topological polar surface area (TPSA) is 57.6 Å². The molecule has 0 bridgehead atoms. The summed E-state index contributed by atoms with van der Waals surface area (Å²) < 4.78 is 1.09. The monoisotopic (exact) mass is 323 g/mol. The number of amides is 1. The Labute approximate surface area is 136 Å². The van der Waals surface area contributed by atoms with E-state index in [1.807, 2.05) is 29.6 Å². The highest BCUT2D eigenvalue weighted by molar-refractivity contribution is 7.17. The molecule has 114 valence electrons. The fourth-order valence-corrected chi connectivity index (χ4v) is 3.97. The number of fused-ring (bicyclic) bond motifs is 2. The largest absolute Gasteiger partial charge is 0.478 e. The molecule has 0 spiro atoms. The molecule has 1 aliphatic rings. The van der Waals surface area contributed by atoms with Crippen LogP contribution in [0.25, 0.3) is 10.1 Å². The second-order valence-corrected chi connectivity index (χ2v) is 6.41. The van der Waals surface area contributed by atoms with E-state index in [1.54, 1.807) is 34.4 Å². The lowest BCUT2D eigenvalue weighted by molar-refractivity contribution is 0.0696. The fourth-order valence-electron chi connectivity index (χ4n) is 3.03. The van der Waals surface area contributed by atoms with Gasteiger partial charge in [0.2, 0.25) is 0 Å². The number of benzene rings is 2. The quantitative estimate of drug-likeness (QED) is 0.780. The van der Waals surface area contributed by atoms with Crippen LogP contribution < -0.4 is 4.90 Å². The molecule has 1 aliphatic heterocycles. The van der Waals surface area contributed by atoms with E-state index in [-0.39, 0.29) is 11.5 Å². The van der Waals surface area contributed by atoms with Crippen LogP contribution in [-0.4, -0.2) is 23.5 Å². The van der Waals surface area contributed by atoms with Gasteiger partial charge in [0.1, 0.15) is 0 Å². The maximum absolute atomic E-state index is 12.9. The lowest BCUT2D eigenvalue weighted by Gasteiger charge is -2.17. The van der Waals surface area contributed by atoms with Gasteiger partial charge in [-0.3, -0.25) is 4.79 Å². The van der Waals surface area contributed by atoms with E-state index in [1.165, 1.54) is 0 Å². The average molecular weight is 323 g/mol. The van der Waals surface area contributed by atoms with Gasteiger partial charge in [-0.15, -0.1) is 11.3 Å². The van der Waals surface area contributed by atoms with Crippen LogP contribution >= 0.6 is 11.3 Å². The van der Waals surface area contributed by atoms with Crippen molar-refractivity contribution in [3.63, 3.8) is 0 Å². The highest BCUT2D eigenvalue weighted by Gasteiger charge is 2.27. The zero-order valence-electron chi connectivity index (χ0n) is 12.2. The molecule has 0 fully saturated rings. The van der Waals surface area contributed by atoms with E-state index < -0.39 is 5.97 Å². The minimum absolute atomic E-state index is 0.0238. The third kappa shape index (κ3) is 2.21. The number of aromatic carboxylic acids is 1. The first-order valence-electron chi connectivity index (χ1n) is 7.29. The van der Waals surface area contributed by atoms with Crippen molar-refractivity contribution in [3.05, 3.63) is 64.5 Å². The van der Waals surface area contributed by atoms with Crippen molar-refractivity contribution in [2.45, 2.75) is 6.42 Å². The molecular formula is C18H13NO3S. The van der Waals surface area contributed by atoms with Gasteiger partial charge in [0.15, 0.2) is 0 Å². The number of rotatable bonds is 2. The highest BCUT2D eigenvalue weighted by atomic mass is 32.1. The molecule has 4 nitrogen and oxygen atoms in total. The number of anilines is 1. The Kier molecular flexibility index (Phi) is 3.16. The smallest absolute Gasteiger partial charge is 0.335 e. The summed E-state index contributed by atoms with van der Waals surface area (Å²) in [5.41, 5.74) is 2.70. The second kappa shape index (κ2) is 5.21. The van der Waals surface area contributed by atoms with Crippen molar-refractivity contribution in [2.75, 3.05) is 11.4 Å². The van der Waals surface area contributed by atoms with Gasteiger partial charge in [0.25, 0.3) is 5.91 Å².